The summed E-state index contributed by atoms with van der Waals surface area (Å²) in [6.45, 7) is 0. The molecular weight excluding hydrogens is 258 g/mol. The Labute approximate surface area is 126 Å². The first kappa shape index (κ1) is 14.0. The van der Waals surface area contributed by atoms with Crippen LogP contribution in [-0.4, -0.2) is 11.0 Å². The number of fused-ring (bicyclic) bond motifs is 1. The van der Waals surface area contributed by atoms with E-state index < -0.39 is 0 Å². The van der Waals surface area contributed by atoms with Gasteiger partial charge >= 0.3 is 0 Å². The molecular formula is C18H21N3. The summed E-state index contributed by atoms with van der Waals surface area (Å²) in [6.07, 6.45) is 11.2. The van der Waals surface area contributed by atoms with E-state index in [0.717, 1.165) is 16.3 Å². The number of hydrogen-bond donors (Lipinski definition) is 1. The summed E-state index contributed by atoms with van der Waals surface area (Å²) >= 11 is 0. The number of nitrogens with one attached hydrogen (secondary N) is 1. The molecule has 0 amide bonds. The minimum absolute atomic E-state index is 0.272. The highest BCUT2D eigenvalue weighted by atomic mass is 15.0. The van der Waals surface area contributed by atoms with E-state index in [1.165, 1.54) is 38.5 Å². The van der Waals surface area contributed by atoms with Gasteiger partial charge in [0.2, 0.25) is 0 Å². The Balaban J connectivity index is 1.86. The van der Waals surface area contributed by atoms with Crippen molar-refractivity contribution in [2.75, 3.05) is 0 Å². The lowest BCUT2D eigenvalue weighted by atomic mass is 10.0. The van der Waals surface area contributed by atoms with Crippen molar-refractivity contribution in [3.05, 3.63) is 42.2 Å². The first-order valence-electron chi connectivity index (χ1n) is 7.87. The van der Waals surface area contributed by atoms with Crippen molar-refractivity contribution < 1.29 is 0 Å². The zero-order valence-corrected chi connectivity index (χ0v) is 12.3. The van der Waals surface area contributed by atoms with Crippen LogP contribution in [0.4, 0.5) is 0 Å². The van der Waals surface area contributed by atoms with Crippen LogP contribution in [0.25, 0.3) is 10.8 Å². The standard InChI is InChI=1S/C18H21N3/c19-11-18(21-15-8-3-1-2-4-9-15)17-13-20-12-14-7-5-6-10-16(14)17/h5-7,10,12-13,15,18,21H,1-4,8-9H2. The van der Waals surface area contributed by atoms with E-state index in [0.29, 0.717) is 6.04 Å². The van der Waals surface area contributed by atoms with Crippen molar-refractivity contribution >= 4 is 10.8 Å². The van der Waals surface area contributed by atoms with Gasteiger partial charge in [0, 0.05) is 29.4 Å². The average molecular weight is 279 g/mol. The Morgan fingerprint density at radius 1 is 1.10 bits per heavy atom. The predicted octanol–water partition coefficient (Wildman–Crippen LogP) is 4.11. The maximum Gasteiger partial charge on any atom is 0.123 e. The number of aromatic nitrogens is 1. The fourth-order valence-electron chi connectivity index (χ4n) is 3.25. The smallest absolute Gasteiger partial charge is 0.123 e. The highest BCUT2D eigenvalue weighted by molar-refractivity contribution is 5.85. The number of rotatable bonds is 3. The molecule has 1 heterocycles. The van der Waals surface area contributed by atoms with Crippen LogP contribution in [0.5, 0.6) is 0 Å². The molecule has 21 heavy (non-hydrogen) atoms. The number of benzene rings is 1. The molecule has 0 radical (unpaired) electrons. The fraction of sp³-hybridized carbons (Fsp3) is 0.444. The maximum atomic E-state index is 9.60. The Hall–Kier alpha value is -1.92. The summed E-state index contributed by atoms with van der Waals surface area (Å²) < 4.78 is 0. The summed E-state index contributed by atoms with van der Waals surface area (Å²) in [5.41, 5.74) is 1.000. The van der Waals surface area contributed by atoms with E-state index in [-0.39, 0.29) is 6.04 Å². The van der Waals surface area contributed by atoms with Gasteiger partial charge in [0.05, 0.1) is 6.07 Å². The van der Waals surface area contributed by atoms with E-state index in [9.17, 15) is 5.26 Å². The van der Waals surface area contributed by atoms with Gasteiger partial charge in [0.1, 0.15) is 6.04 Å². The SMILES string of the molecule is N#CC(NC1CCCCCC1)c1cncc2ccccc12. The van der Waals surface area contributed by atoms with E-state index in [4.69, 9.17) is 0 Å². The van der Waals surface area contributed by atoms with Crippen molar-refractivity contribution in [1.29, 1.82) is 5.26 Å². The van der Waals surface area contributed by atoms with Crippen molar-refractivity contribution in [3.8, 4) is 6.07 Å². The normalized spacial score (nSPS) is 18.0. The molecule has 1 unspecified atom stereocenters. The van der Waals surface area contributed by atoms with Crippen LogP contribution in [0.2, 0.25) is 0 Å². The summed E-state index contributed by atoms with van der Waals surface area (Å²) in [4.78, 5) is 4.30. The Kier molecular flexibility index (Phi) is 4.47. The first-order valence-corrected chi connectivity index (χ1v) is 7.87. The molecule has 1 saturated carbocycles. The second-order valence-electron chi connectivity index (χ2n) is 5.87. The molecule has 1 aliphatic carbocycles. The van der Waals surface area contributed by atoms with E-state index in [1.807, 2.05) is 30.6 Å². The molecule has 3 nitrogen and oxygen atoms in total. The van der Waals surface area contributed by atoms with E-state index in [1.54, 1.807) is 0 Å². The molecule has 108 valence electrons. The van der Waals surface area contributed by atoms with Crippen LogP contribution in [0.1, 0.15) is 50.1 Å². The predicted molar refractivity (Wildman–Crippen MR) is 84.7 cm³/mol. The van der Waals surface area contributed by atoms with Gasteiger partial charge in [-0.25, -0.2) is 0 Å². The molecule has 1 N–H and O–H groups in total. The number of nitrogens with zero attached hydrogens (tertiary/aromatic N) is 2. The molecule has 1 aliphatic rings. The minimum Gasteiger partial charge on any atom is -0.295 e. The van der Waals surface area contributed by atoms with Crippen LogP contribution in [0.15, 0.2) is 36.7 Å². The average Bonchev–Trinajstić information content (AvgIpc) is 2.81. The topological polar surface area (TPSA) is 48.7 Å². The molecule has 1 atom stereocenters. The largest absolute Gasteiger partial charge is 0.295 e. The van der Waals surface area contributed by atoms with Gasteiger partial charge in [-0.3, -0.25) is 10.3 Å². The second-order valence-corrected chi connectivity index (χ2v) is 5.87. The third-order valence-corrected chi connectivity index (χ3v) is 4.40. The maximum absolute atomic E-state index is 9.60. The number of nitriles is 1. The third kappa shape index (κ3) is 3.22. The lowest BCUT2D eigenvalue weighted by molar-refractivity contribution is 0.437. The van der Waals surface area contributed by atoms with Gasteiger partial charge in [0.25, 0.3) is 0 Å². The van der Waals surface area contributed by atoms with Crippen LogP contribution in [0.3, 0.4) is 0 Å². The molecule has 2 aromatic rings. The van der Waals surface area contributed by atoms with Gasteiger partial charge in [-0.2, -0.15) is 5.26 Å². The van der Waals surface area contributed by atoms with Gasteiger partial charge < -0.3 is 0 Å². The summed E-state index contributed by atoms with van der Waals surface area (Å²) in [5.74, 6) is 0. The number of pyridine rings is 1. The van der Waals surface area contributed by atoms with Crippen molar-refractivity contribution in [1.82, 2.24) is 10.3 Å². The number of hydrogen-bond acceptors (Lipinski definition) is 3. The summed E-state index contributed by atoms with van der Waals surface area (Å²) in [6, 6.07) is 10.8. The van der Waals surface area contributed by atoms with Crippen LogP contribution < -0.4 is 5.32 Å². The van der Waals surface area contributed by atoms with Crippen molar-refractivity contribution in [2.24, 2.45) is 0 Å². The summed E-state index contributed by atoms with van der Waals surface area (Å²) in [7, 11) is 0. The monoisotopic (exact) mass is 279 g/mol. The van der Waals surface area contributed by atoms with Crippen LogP contribution in [-0.2, 0) is 0 Å². The lowest BCUT2D eigenvalue weighted by Gasteiger charge is -2.21. The van der Waals surface area contributed by atoms with Gasteiger partial charge in [-0.15, -0.1) is 0 Å². The van der Waals surface area contributed by atoms with Gasteiger partial charge in [-0.1, -0.05) is 49.9 Å². The Morgan fingerprint density at radius 3 is 2.62 bits per heavy atom. The molecule has 1 aromatic heterocycles. The van der Waals surface area contributed by atoms with E-state index >= 15 is 0 Å². The Bertz CT molecular complexity index is 631. The molecule has 0 spiro atoms. The Morgan fingerprint density at radius 2 is 1.86 bits per heavy atom. The summed E-state index contributed by atoms with van der Waals surface area (Å²) in [5, 5.41) is 15.4. The van der Waals surface area contributed by atoms with Crippen LogP contribution >= 0.6 is 0 Å². The molecule has 1 fully saturated rings. The molecule has 1 aromatic carbocycles. The quantitative estimate of drug-likeness (QED) is 0.860. The van der Waals surface area contributed by atoms with Crippen molar-refractivity contribution in [2.45, 2.75) is 50.6 Å². The third-order valence-electron chi connectivity index (χ3n) is 4.40. The van der Waals surface area contributed by atoms with E-state index in [2.05, 4.69) is 22.4 Å². The zero-order chi connectivity index (χ0) is 14.5. The van der Waals surface area contributed by atoms with Crippen molar-refractivity contribution in [3.63, 3.8) is 0 Å². The molecule has 0 saturated heterocycles. The molecule has 0 bridgehead atoms. The molecule has 3 rings (SSSR count). The molecule has 3 heteroatoms. The highest BCUT2D eigenvalue weighted by Gasteiger charge is 2.19. The van der Waals surface area contributed by atoms with Gasteiger partial charge in [-0.05, 0) is 18.2 Å². The molecule has 0 aliphatic heterocycles. The second kappa shape index (κ2) is 6.69. The zero-order valence-electron chi connectivity index (χ0n) is 12.3. The highest BCUT2D eigenvalue weighted by Crippen LogP contribution is 2.25. The lowest BCUT2D eigenvalue weighted by Crippen LogP contribution is -2.32. The minimum atomic E-state index is -0.272. The van der Waals surface area contributed by atoms with Gasteiger partial charge in [0.15, 0.2) is 0 Å². The van der Waals surface area contributed by atoms with Crippen LogP contribution in [0, 0.1) is 11.3 Å². The fourth-order valence-corrected chi connectivity index (χ4v) is 3.25. The first-order chi connectivity index (χ1) is 10.4.